The van der Waals surface area contributed by atoms with Gasteiger partial charge in [0, 0.05) is 31.3 Å². The Bertz CT molecular complexity index is 170. The lowest BCUT2D eigenvalue weighted by Gasteiger charge is -2.45. The molecular formula is C9H28Si4. The van der Waals surface area contributed by atoms with E-state index < -0.39 is 30.1 Å². The molecule has 0 aromatic carbocycles. The van der Waals surface area contributed by atoms with E-state index in [4.69, 9.17) is 0 Å². The average Bonchev–Trinajstić information content (AvgIpc) is 1.77. The van der Waals surface area contributed by atoms with Crippen LogP contribution in [0, 0.1) is 0 Å². The van der Waals surface area contributed by atoms with Gasteiger partial charge in [-0.15, -0.1) is 0 Å². The van der Waals surface area contributed by atoms with E-state index in [9.17, 15) is 1.23 Å². The van der Waals surface area contributed by atoms with Crippen molar-refractivity contribution in [2.75, 3.05) is 0 Å². The Morgan fingerprint density at radius 3 is 0.769 bits per heavy atom. The summed E-state index contributed by atoms with van der Waals surface area (Å²) in [6.07, 6.45) is 0. The third-order valence-corrected chi connectivity index (χ3v) is 60.8. The first kappa shape index (κ1) is 11.9. The first-order valence-electron chi connectivity index (χ1n) is 5.75. The molecule has 0 unspecified atom stereocenters. The number of rotatable bonds is 3. The van der Waals surface area contributed by atoms with Crippen molar-refractivity contribution in [1.29, 1.82) is 1.23 Å². The lowest BCUT2D eigenvalue weighted by atomic mass is 11.8. The van der Waals surface area contributed by atoms with Gasteiger partial charge < -0.3 is 0 Å². The second-order valence-corrected chi connectivity index (χ2v) is 43.9. The highest BCUT2D eigenvalue weighted by atomic mass is 29.9. The summed E-state index contributed by atoms with van der Waals surface area (Å²) in [5.41, 5.74) is 0. The predicted molar refractivity (Wildman–Crippen MR) is 77.2 cm³/mol. The minimum Gasteiger partial charge on any atom is -0.0721 e. The van der Waals surface area contributed by atoms with Crippen molar-refractivity contribution in [2.24, 2.45) is 0 Å². The van der Waals surface area contributed by atoms with Gasteiger partial charge in [0.1, 0.15) is 0 Å². The van der Waals surface area contributed by atoms with Crippen molar-refractivity contribution in [3.63, 3.8) is 0 Å². The normalized spacial score (nSPS) is 17.2. The van der Waals surface area contributed by atoms with Crippen LogP contribution in [-0.2, 0) is 0 Å². The van der Waals surface area contributed by atoms with Gasteiger partial charge in [0.05, 0.1) is 0 Å². The fourth-order valence-electron chi connectivity index (χ4n) is 3.38. The highest BCUT2D eigenvalue weighted by Crippen LogP contribution is 2.25. The summed E-state index contributed by atoms with van der Waals surface area (Å²) < 4.78 is 9.20. The molecule has 0 radical (unpaired) electrons. The van der Waals surface area contributed by atoms with Gasteiger partial charge in [-0.2, -0.15) is 0 Å². The van der Waals surface area contributed by atoms with Crippen molar-refractivity contribution in [3.05, 3.63) is 0 Å². The van der Waals surface area contributed by atoms with E-state index in [1.165, 1.54) is 0 Å². The highest BCUT2D eigenvalue weighted by Gasteiger charge is 2.46. The Morgan fingerprint density at radius 2 is 0.769 bits per heavy atom. The van der Waals surface area contributed by atoms with Crippen molar-refractivity contribution >= 4 is 30.1 Å². The van der Waals surface area contributed by atoms with Crippen LogP contribution in [0.25, 0.3) is 0 Å². The number of hydrogen-bond donors (Lipinski definition) is 0. The summed E-state index contributed by atoms with van der Waals surface area (Å²) in [5.74, 6) is 0. The van der Waals surface area contributed by atoms with E-state index in [2.05, 4.69) is 58.9 Å². The fraction of sp³-hybridized carbons (Fsp3) is 1.00. The van der Waals surface area contributed by atoms with Gasteiger partial charge in [-0.05, 0) is 0 Å². The quantitative estimate of drug-likeness (QED) is 0.672. The zero-order chi connectivity index (χ0) is 12.0. The first-order valence-corrected chi connectivity index (χ1v) is 20.2. The molecule has 0 fully saturated rings. The van der Waals surface area contributed by atoms with Crippen molar-refractivity contribution in [3.8, 4) is 0 Å². The maximum Gasteiger partial charge on any atom is 0.0300 e. The van der Waals surface area contributed by atoms with Gasteiger partial charge in [-0.1, -0.05) is 58.9 Å². The molecule has 4 heteroatoms. The number of hydrogen-bond acceptors (Lipinski definition) is 0. The molecule has 0 amide bonds. The average molecular weight is 250 g/mol. The standard InChI is InChI=1S/C9H28Si4/c1-11(2,3)10(12(4,5)6)13(7,8)9/h10H,1-9H3/i10D. The molecule has 0 aliphatic heterocycles. The Balaban J connectivity index is 5.54. The lowest BCUT2D eigenvalue weighted by Crippen LogP contribution is -2.70. The van der Waals surface area contributed by atoms with Gasteiger partial charge >= 0.3 is 0 Å². The van der Waals surface area contributed by atoms with Crippen LogP contribution in [-0.4, -0.2) is 31.3 Å². The maximum atomic E-state index is 9.20. The summed E-state index contributed by atoms with van der Waals surface area (Å²) in [7, 11) is -5.45. The van der Waals surface area contributed by atoms with Crippen molar-refractivity contribution in [2.45, 2.75) is 58.9 Å². The van der Waals surface area contributed by atoms with Crippen LogP contribution in [0.15, 0.2) is 0 Å². The molecule has 0 aromatic heterocycles. The summed E-state index contributed by atoms with van der Waals surface area (Å²) in [6.45, 7) is 22.0. The summed E-state index contributed by atoms with van der Waals surface area (Å²) >= 11 is 0. The van der Waals surface area contributed by atoms with Gasteiger partial charge in [0.25, 0.3) is 0 Å². The second-order valence-electron chi connectivity index (χ2n) is 7.12. The van der Waals surface area contributed by atoms with Gasteiger partial charge in [-0.25, -0.2) is 0 Å². The lowest BCUT2D eigenvalue weighted by molar-refractivity contribution is 1.77. The van der Waals surface area contributed by atoms with E-state index in [1.807, 2.05) is 0 Å². The van der Waals surface area contributed by atoms with Crippen LogP contribution in [0.5, 0.6) is 0 Å². The molecular weight excluding hydrogens is 220 g/mol. The first-order chi connectivity index (χ1) is 5.75. The van der Waals surface area contributed by atoms with Crippen LogP contribution >= 0.6 is 0 Å². The summed E-state index contributed by atoms with van der Waals surface area (Å²) in [5, 5.41) is 0. The van der Waals surface area contributed by atoms with Crippen LogP contribution in [0.1, 0.15) is 0 Å². The van der Waals surface area contributed by atoms with Crippen LogP contribution in [0.2, 0.25) is 58.9 Å². The minimum atomic E-state index is -1.69. The third-order valence-electron chi connectivity index (χ3n) is 2.25. The van der Waals surface area contributed by atoms with E-state index in [0.717, 1.165) is 0 Å². The van der Waals surface area contributed by atoms with Gasteiger partial charge in [-0.3, -0.25) is 0 Å². The van der Waals surface area contributed by atoms with Crippen molar-refractivity contribution in [1.82, 2.24) is 0 Å². The summed E-state index contributed by atoms with van der Waals surface area (Å²) in [6, 6.07) is 0. The highest BCUT2D eigenvalue weighted by molar-refractivity contribution is 7.81. The van der Waals surface area contributed by atoms with Crippen LogP contribution < -0.4 is 0 Å². The van der Waals surface area contributed by atoms with E-state index >= 15 is 0 Å². The van der Waals surface area contributed by atoms with Crippen molar-refractivity contribution < 1.29 is 0 Å². The summed E-state index contributed by atoms with van der Waals surface area (Å²) in [4.78, 5) is 0. The molecule has 0 spiro atoms. The molecule has 0 aromatic rings. The van der Waals surface area contributed by atoms with Crippen LogP contribution in [0.4, 0.5) is 0 Å². The smallest absolute Gasteiger partial charge is 0.0300 e. The topological polar surface area (TPSA) is 0 Å². The molecule has 0 rings (SSSR count). The Labute approximate surface area is 90.4 Å². The largest absolute Gasteiger partial charge is 0.0721 e. The minimum absolute atomic E-state index is 1.25. The zero-order valence-corrected chi connectivity index (χ0v) is 15.0. The fourth-order valence-corrected chi connectivity index (χ4v) is 91.1. The van der Waals surface area contributed by atoms with E-state index in [1.54, 1.807) is 0 Å². The van der Waals surface area contributed by atoms with Gasteiger partial charge in [0.15, 0.2) is 0 Å². The maximum absolute atomic E-state index is 9.20. The Morgan fingerprint density at radius 1 is 0.615 bits per heavy atom. The SMILES string of the molecule is [2H][Si]([Si](C)(C)C)([Si](C)(C)C)[Si](C)(C)C. The predicted octanol–water partition coefficient (Wildman–Crippen LogP) is 3.46. The second kappa shape index (κ2) is 3.79. The molecule has 0 saturated carbocycles. The van der Waals surface area contributed by atoms with Crippen LogP contribution in [0.3, 0.4) is 0 Å². The molecule has 13 heavy (non-hydrogen) atoms. The third kappa shape index (κ3) is 4.27. The molecule has 0 saturated heterocycles. The monoisotopic (exact) mass is 249 g/mol. The zero-order valence-electron chi connectivity index (χ0n) is 12.0. The molecule has 0 aliphatic carbocycles. The van der Waals surface area contributed by atoms with E-state index in [0.29, 0.717) is 0 Å². The molecule has 0 aliphatic rings. The Kier molecular flexibility index (Phi) is 3.48. The molecule has 80 valence electrons. The molecule has 0 heterocycles. The van der Waals surface area contributed by atoms with E-state index in [-0.39, 0.29) is 0 Å². The molecule has 0 N–H and O–H groups in total. The Hall–Kier alpha value is 0.868. The molecule has 0 atom stereocenters. The van der Waals surface area contributed by atoms with Gasteiger partial charge in [0.2, 0.25) is 0 Å². The molecule has 0 bridgehead atoms. The molecule has 0 nitrogen and oxygen atoms in total.